The van der Waals surface area contributed by atoms with Crippen LogP contribution in [0.25, 0.3) is 0 Å². The van der Waals surface area contributed by atoms with Crippen LogP contribution in [-0.2, 0) is 11.3 Å². The third kappa shape index (κ3) is 4.47. The van der Waals surface area contributed by atoms with Crippen molar-refractivity contribution >= 4 is 5.97 Å². The summed E-state index contributed by atoms with van der Waals surface area (Å²) in [6.45, 7) is 1.99. The Bertz CT molecular complexity index is 905. The molecule has 1 N–H and O–H groups in total. The van der Waals surface area contributed by atoms with E-state index in [2.05, 4.69) is 9.64 Å². The number of aliphatic hydroxyl groups is 1. The molecule has 1 aliphatic heterocycles. The number of methoxy groups -OCH3 is 1. The first-order valence-corrected chi connectivity index (χ1v) is 10.1. The monoisotopic (exact) mass is 417 g/mol. The smallest absolute Gasteiger partial charge is 0.337 e. The molecule has 0 aromatic heterocycles. The number of carbonyl (C=O) groups excluding carboxylic acids is 1. The van der Waals surface area contributed by atoms with Crippen LogP contribution in [0.1, 0.15) is 28.8 Å². The Labute approximate surface area is 174 Å². The molecule has 2 fully saturated rings. The van der Waals surface area contributed by atoms with Crippen molar-refractivity contribution in [1.29, 1.82) is 0 Å². The fraction of sp³-hybridized carbons (Fsp3) is 0.435. The van der Waals surface area contributed by atoms with E-state index in [9.17, 15) is 18.7 Å². The van der Waals surface area contributed by atoms with Crippen molar-refractivity contribution in [2.24, 2.45) is 11.8 Å². The molecule has 160 valence electrons. The molecular formula is C23H25F2NO4. The van der Waals surface area contributed by atoms with E-state index in [0.717, 1.165) is 19.2 Å². The highest BCUT2D eigenvalue weighted by Crippen LogP contribution is 2.38. The topological polar surface area (TPSA) is 59.0 Å². The number of hydrogen-bond donors (Lipinski definition) is 1. The fourth-order valence-corrected chi connectivity index (χ4v) is 4.60. The van der Waals surface area contributed by atoms with Crippen molar-refractivity contribution in [3.63, 3.8) is 0 Å². The number of nitrogens with zero attached hydrogens (tertiary/aromatic N) is 1. The number of ether oxygens (including phenoxy) is 2. The van der Waals surface area contributed by atoms with Crippen LogP contribution in [0.15, 0.2) is 42.5 Å². The highest BCUT2D eigenvalue weighted by molar-refractivity contribution is 5.89. The number of halogens is 2. The van der Waals surface area contributed by atoms with Crippen LogP contribution in [-0.4, -0.2) is 48.4 Å². The normalized spacial score (nSPS) is 26.3. The zero-order valence-corrected chi connectivity index (χ0v) is 16.8. The van der Waals surface area contributed by atoms with Gasteiger partial charge in [0.15, 0.2) is 0 Å². The lowest BCUT2D eigenvalue weighted by Gasteiger charge is -2.35. The number of rotatable bonds is 5. The molecule has 30 heavy (non-hydrogen) atoms. The molecule has 0 amide bonds. The van der Waals surface area contributed by atoms with Crippen molar-refractivity contribution in [1.82, 2.24) is 4.90 Å². The van der Waals surface area contributed by atoms with Crippen molar-refractivity contribution in [2.75, 3.05) is 20.2 Å². The maximum atomic E-state index is 14.0. The number of esters is 1. The number of carbonyl (C=O) groups is 1. The van der Waals surface area contributed by atoms with Gasteiger partial charge in [0.2, 0.25) is 0 Å². The lowest BCUT2D eigenvalue weighted by molar-refractivity contribution is -0.0231. The molecule has 0 unspecified atom stereocenters. The Balaban J connectivity index is 1.36. The molecule has 0 bridgehead atoms. The number of aliphatic hydroxyl groups excluding tert-OH is 1. The van der Waals surface area contributed by atoms with Crippen LogP contribution in [0, 0.1) is 23.5 Å². The van der Waals surface area contributed by atoms with E-state index >= 15 is 0 Å². The zero-order valence-electron chi connectivity index (χ0n) is 16.8. The summed E-state index contributed by atoms with van der Waals surface area (Å²) < 4.78 is 37.8. The van der Waals surface area contributed by atoms with Gasteiger partial charge in [-0.2, -0.15) is 0 Å². The second-order valence-electron chi connectivity index (χ2n) is 8.16. The highest BCUT2D eigenvalue weighted by atomic mass is 19.1. The molecule has 2 aromatic carbocycles. The van der Waals surface area contributed by atoms with Crippen LogP contribution >= 0.6 is 0 Å². The summed E-state index contributed by atoms with van der Waals surface area (Å²) in [4.78, 5) is 13.7. The van der Waals surface area contributed by atoms with Crippen LogP contribution in [0.2, 0.25) is 0 Å². The van der Waals surface area contributed by atoms with E-state index in [1.165, 1.54) is 19.2 Å². The van der Waals surface area contributed by atoms with E-state index in [4.69, 9.17) is 4.74 Å². The maximum absolute atomic E-state index is 14.0. The first-order chi connectivity index (χ1) is 14.4. The summed E-state index contributed by atoms with van der Waals surface area (Å²) in [6.07, 6.45) is 0.400. The van der Waals surface area contributed by atoms with E-state index < -0.39 is 23.7 Å². The molecule has 7 heteroatoms. The molecule has 0 spiro atoms. The number of fused-ring (bicyclic) bond motifs is 1. The largest absolute Gasteiger partial charge is 0.488 e. The molecule has 2 aromatic rings. The molecule has 4 atom stereocenters. The molecule has 5 nitrogen and oxygen atoms in total. The number of likely N-dealkylation sites (tertiary alicyclic amines) is 1. The van der Waals surface area contributed by atoms with Gasteiger partial charge in [-0.15, -0.1) is 0 Å². The average Bonchev–Trinajstić information content (AvgIpc) is 3.11. The van der Waals surface area contributed by atoms with Crippen LogP contribution in [0.4, 0.5) is 8.78 Å². The summed E-state index contributed by atoms with van der Waals surface area (Å²) in [5, 5.41) is 10.6. The zero-order chi connectivity index (χ0) is 21.3. The summed E-state index contributed by atoms with van der Waals surface area (Å²) in [5.41, 5.74) is 0.919. The van der Waals surface area contributed by atoms with E-state index in [-0.39, 0.29) is 6.10 Å². The molecule has 1 aliphatic carbocycles. The average molecular weight is 417 g/mol. The van der Waals surface area contributed by atoms with Crippen molar-refractivity contribution in [3.8, 4) is 5.75 Å². The second kappa shape index (κ2) is 8.70. The SMILES string of the molecule is COC(=O)c1ccc(O[C@H]2C[C@@H]3CN(Cc4ccc(F)cc4F)C[C@@H]3C[C@@H]2O)cc1. The van der Waals surface area contributed by atoms with Gasteiger partial charge in [0.1, 0.15) is 23.5 Å². The van der Waals surface area contributed by atoms with Crippen LogP contribution < -0.4 is 4.74 Å². The van der Waals surface area contributed by atoms with E-state index in [1.54, 1.807) is 24.3 Å². The van der Waals surface area contributed by atoms with Gasteiger partial charge in [-0.25, -0.2) is 13.6 Å². The molecule has 0 radical (unpaired) electrons. The van der Waals surface area contributed by atoms with Gasteiger partial charge in [-0.3, -0.25) is 4.90 Å². The van der Waals surface area contributed by atoms with Gasteiger partial charge in [0.25, 0.3) is 0 Å². The third-order valence-corrected chi connectivity index (χ3v) is 6.13. The molecule has 1 heterocycles. The molecular weight excluding hydrogens is 392 g/mol. The van der Waals surface area contributed by atoms with Gasteiger partial charge in [0.05, 0.1) is 18.8 Å². The minimum atomic E-state index is -0.589. The summed E-state index contributed by atoms with van der Waals surface area (Å²) in [6, 6.07) is 10.3. The summed E-state index contributed by atoms with van der Waals surface area (Å²) in [7, 11) is 1.33. The number of benzene rings is 2. The van der Waals surface area contributed by atoms with Gasteiger partial charge < -0.3 is 14.6 Å². The summed E-state index contributed by atoms with van der Waals surface area (Å²) in [5.74, 6) is -0.254. The van der Waals surface area contributed by atoms with Gasteiger partial charge >= 0.3 is 5.97 Å². The lowest BCUT2D eigenvalue weighted by atomic mass is 9.78. The summed E-state index contributed by atoms with van der Waals surface area (Å²) >= 11 is 0. The van der Waals surface area contributed by atoms with E-state index in [1.807, 2.05) is 0 Å². The highest BCUT2D eigenvalue weighted by Gasteiger charge is 2.42. The van der Waals surface area contributed by atoms with Crippen molar-refractivity contribution < 1.29 is 28.2 Å². The van der Waals surface area contributed by atoms with Crippen molar-refractivity contribution in [2.45, 2.75) is 31.6 Å². The fourth-order valence-electron chi connectivity index (χ4n) is 4.60. The van der Waals surface area contributed by atoms with E-state index in [0.29, 0.717) is 48.1 Å². The second-order valence-corrected chi connectivity index (χ2v) is 8.16. The standard InChI is InChI=1S/C23H25F2NO4/c1-29-23(28)14-3-6-19(7-4-14)30-22-9-17-13-26(12-16(17)8-21(22)27)11-15-2-5-18(24)10-20(15)25/h2-7,10,16-17,21-22,27H,8-9,11-13H2,1H3/t16-,17+,21-,22-/m0/s1. The molecule has 1 saturated carbocycles. The Morgan fingerprint density at radius 2 is 1.80 bits per heavy atom. The molecule has 2 aliphatic rings. The Hall–Kier alpha value is -2.51. The number of hydrogen-bond acceptors (Lipinski definition) is 5. The Morgan fingerprint density at radius 3 is 2.47 bits per heavy atom. The first-order valence-electron chi connectivity index (χ1n) is 10.1. The first kappa shape index (κ1) is 20.8. The molecule has 4 rings (SSSR count). The molecule has 1 saturated heterocycles. The maximum Gasteiger partial charge on any atom is 0.337 e. The van der Waals surface area contributed by atoms with Gasteiger partial charge in [0, 0.05) is 31.3 Å². The van der Waals surface area contributed by atoms with Crippen LogP contribution in [0.5, 0.6) is 5.75 Å². The minimum absolute atomic E-state index is 0.324. The Morgan fingerprint density at radius 1 is 1.10 bits per heavy atom. The predicted octanol–water partition coefficient (Wildman–Crippen LogP) is 3.40. The van der Waals surface area contributed by atoms with Gasteiger partial charge in [-0.05, 0) is 55.0 Å². The van der Waals surface area contributed by atoms with Crippen molar-refractivity contribution in [3.05, 3.63) is 65.2 Å². The predicted molar refractivity (Wildman–Crippen MR) is 106 cm³/mol. The van der Waals surface area contributed by atoms with Gasteiger partial charge in [-0.1, -0.05) is 6.07 Å². The Kier molecular flexibility index (Phi) is 6.01. The third-order valence-electron chi connectivity index (χ3n) is 6.13. The van der Waals surface area contributed by atoms with Crippen LogP contribution in [0.3, 0.4) is 0 Å². The minimum Gasteiger partial charge on any atom is -0.488 e. The lowest BCUT2D eigenvalue weighted by Crippen LogP contribution is -2.42. The quantitative estimate of drug-likeness (QED) is 0.756.